The lowest BCUT2D eigenvalue weighted by Crippen LogP contribution is -2.36. The third-order valence-corrected chi connectivity index (χ3v) is 7.22. The van der Waals surface area contributed by atoms with Gasteiger partial charge in [-0.3, -0.25) is 19.3 Å². The van der Waals surface area contributed by atoms with Crippen molar-refractivity contribution in [1.29, 1.82) is 0 Å². The van der Waals surface area contributed by atoms with Crippen LogP contribution in [0.4, 0.5) is 0 Å². The second-order valence-corrected chi connectivity index (χ2v) is 10.6. The molecule has 0 atom stereocenters. The summed E-state index contributed by atoms with van der Waals surface area (Å²) in [7, 11) is -0.465. The summed E-state index contributed by atoms with van der Waals surface area (Å²) in [6.07, 6.45) is 1.07. The molecule has 9 heteroatoms. The zero-order chi connectivity index (χ0) is 26.9. The molecule has 1 aliphatic rings. The van der Waals surface area contributed by atoms with E-state index in [0.717, 1.165) is 16.7 Å². The van der Waals surface area contributed by atoms with Crippen LogP contribution in [0.5, 0.6) is 11.5 Å². The number of carbonyl (C=O) groups excluding carboxylic acids is 3. The summed E-state index contributed by atoms with van der Waals surface area (Å²) in [5.74, 6) is -0.867. The van der Waals surface area contributed by atoms with Crippen molar-refractivity contribution >= 4 is 38.6 Å². The maximum absolute atomic E-state index is 13.6. The Morgan fingerprint density at radius 1 is 0.784 bits per heavy atom. The SMILES string of the molecule is COc1ccc(C2=C(c3ccc(C)cc3)C(=O)N(CC(=O)c3ccc(S(C)(=O)=O)cc3)C2=O)cc1OC. The molecule has 1 aliphatic heterocycles. The summed E-state index contributed by atoms with van der Waals surface area (Å²) in [6.45, 7) is 1.41. The molecular weight excluding hydrogens is 494 g/mol. The smallest absolute Gasteiger partial charge is 0.262 e. The van der Waals surface area contributed by atoms with Gasteiger partial charge in [0.05, 0.1) is 36.8 Å². The molecule has 0 saturated heterocycles. The first-order valence-corrected chi connectivity index (χ1v) is 13.2. The number of sulfone groups is 1. The number of carbonyl (C=O) groups is 3. The molecule has 0 bridgehead atoms. The Labute approximate surface area is 215 Å². The van der Waals surface area contributed by atoms with Crippen LogP contribution in [0.2, 0.25) is 0 Å². The molecule has 2 amide bonds. The highest BCUT2D eigenvalue weighted by Crippen LogP contribution is 2.39. The molecule has 3 aromatic rings. The molecule has 0 spiro atoms. The van der Waals surface area contributed by atoms with Crippen LogP contribution < -0.4 is 9.47 Å². The van der Waals surface area contributed by atoms with Crippen LogP contribution in [-0.2, 0) is 19.4 Å². The second-order valence-electron chi connectivity index (χ2n) is 8.60. The van der Waals surface area contributed by atoms with Gasteiger partial charge in [-0.15, -0.1) is 0 Å². The molecule has 190 valence electrons. The maximum atomic E-state index is 13.6. The summed E-state index contributed by atoms with van der Waals surface area (Å²) < 4.78 is 34.1. The van der Waals surface area contributed by atoms with Gasteiger partial charge in [0.1, 0.15) is 0 Å². The summed E-state index contributed by atoms with van der Waals surface area (Å²) >= 11 is 0. The van der Waals surface area contributed by atoms with Crippen LogP contribution in [0.1, 0.15) is 27.0 Å². The van der Waals surface area contributed by atoms with Gasteiger partial charge >= 0.3 is 0 Å². The molecule has 4 rings (SSSR count). The topological polar surface area (TPSA) is 107 Å². The first-order valence-electron chi connectivity index (χ1n) is 11.3. The van der Waals surface area contributed by atoms with Gasteiger partial charge < -0.3 is 9.47 Å². The fraction of sp³-hybridized carbons (Fsp3) is 0.179. The molecular formula is C28H25NO7S. The summed E-state index contributed by atoms with van der Waals surface area (Å²) in [6, 6.07) is 17.5. The van der Waals surface area contributed by atoms with Gasteiger partial charge in [0.25, 0.3) is 11.8 Å². The van der Waals surface area contributed by atoms with E-state index >= 15 is 0 Å². The van der Waals surface area contributed by atoms with Crippen molar-refractivity contribution in [2.45, 2.75) is 11.8 Å². The fourth-order valence-corrected chi connectivity index (χ4v) is 4.72. The molecule has 0 saturated carbocycles. The summed E-state index contributed by atoms with van der Waals surface area (Å²) in [5.41, 5.74) is 2.48. The minimum Gasteiger partial charge on any atom is -0.493 e. The van der Waals surface area contributed by atoms with Crippen molar-refractivity contribution in [3.8, 4) is 11.5 Å². The Balaban J connectivity index is 1.74. The molecule has 0 unspecified atom stereocenters. The molecule has 0 aromatic heterocycles. The lowest BCUT2D eigenvalue weighted by molar-refractivity contribution is -0.135. The Kier molecular flexibility index (Phi) is 7.00. The van der Waals surface area contributed by atoms with Crippen LogP contribution >= 0.6 is 0 Å². The first kappa shape index (κ1) is 25.8. The van der Waals surface area contributed by atoms with Crippen LogP contribution in [0, 0.1) is 6.92 Å². The average Bonchev–Trinajstić information content (AvgIpc) is 3.13. The highest BCUT2D eigenvalue weighted by Gasteiger charge is 2.40. The third-order valence-electron chi connectivity index (χ3n) is 6.09. The van der Waals surface area contributed by atoms with Gasteiger partial charge in [0, 0.05) is 11.8 Å². The fourth-order valence-electron chi connectivity index (χ4n) is 4.09. The van der Waals surface area contributed by atoms with E-state index in [1.807, 2.05) is 19.1 Å². The minimum atomic E-state index is -3.43. The van der Waals surface area contributed by atoms with Crippen LogP contribution in [0.15, 0.2) is 71.6 Å². The lowest BCUT2D eigenvalue weighted by atomic mass is 9.95. The van der Waals surface area contributed by atoms with Gasteiger partial charge in [-0.2, -0.15) is 0 Å². The van der Waals surface area contributed by atoms with Crippen molar-refractivity contribution in [2.24, 2.45) is 0 Å². The van der Waals surface area contributed by atoms with Crippen LogP contribution in [0.25, 0.3) is 11.1 Å². The molecule has 0 radical (unpaired) electrons. The Hall–Kier alpha value is -4.24. The largest absolute Gasteiger partial charge is 0.493 e. The Bertz CT molecular complexity index is 1540. The molecule has 0 fully saturated rings. The monoisotopic (exact) mass is 519 g/mol. The molecule has 1 heterocycles. The van der Waals surface area contributed by atoms with Crippen molar-refractivity contribution in [3.63, 3.8) is 0 Å². The number of benzene rings is 3. The predicted molar refractivity (Wildman–Crippen MR) is 138 cm³/mol. The van der Waals surface area contributed by atoms with E-state index in [2.05, 4.69) is 0 Å². The van der Waals surface area contributed by atoms with Gasteiger partial charge in [-0.05, 0) is 42.3 Å². The normalized spacial score (nSPS) is 13.8. The second kappa shape index (κ2) is 10.0. The standard InChI is InChI=1S/C28H25NO7S/c1-17-5-7-19(8-6-17)25-26(20-11-14-23(35-2)24(15-20)36-3)28(32)29(27(25)31)16-22(30)18-9-12-21(13-10-18)37(4,33)34/h5-15H,16H2,1-4H3. The van der Waals surface area contributed by atoms with Crippen molar-refractivity contribution < 1.29 is 32.3 Å². The van der Waals surface area contributed by atoms with Crippen molar-refractivity contribution in [3.05, 3.63) is 89.0 Å². The van der Waals surface area contributed by atoms with E-state index in [0.29, 0.717) is 22.6 Å². The molecule has 0 aliphatic carbocycles. The lowest BCUT2D eigenvalue weighted by Gasteiger charge is -2.15. The van der Waals surface area contributed by atoms with E-state index < -0.39 is 34.0 Å². The number of aryl methyl sites for hydroxylation is 1. The number of rotatable bonds is 8. The molecule has 3 aromatic carbocycles. The number of ketones is 1. The Morgan fingerprint density at radius 2 is 1.32 bits per heavy atom. The van der Waals surface area contributed by atoms with Gasteiger partial charge in [-0.1, -0.05) is 48.0 Å². The van der Waals surface area contributed by atoms with Gasteiger partial charge in [0.2, 0.25) is 0 Å². The number of imide groups is 1. The number of hydrogen-bond donors (Lipinski definition) is 0. The summed E-state index contributed by atoms with van der Waals surface area (Å²) in [5, 5.41) is 0. The van der Waals surface area contributed by atoms with Gasteiger partial charge in [-0.25, -0.2) is 8.42 Å². The van der Waals surface area contributed by atoms with E-state index in [1.165, 1.54) is 38.5 Å². The number of hydrogen-bond acceptors (Lipinski definition) is 7. The minimum absolute atomic E-state index is 0.0661. The number of amides is 2. The quantitative estimate of drug-likeness (QED) is 0.331. The average molecular weight is 520 g/mol. The number of ether oxygens (including phenoxy) is 2. The van der Waals surface area contributed by atoms with Gasteiger partial charge in [0.15, 0.2) is 27.1 Å². The molecule has 8 nitrogen and oxygen atoms in total. The first-order chi connectivity index (χ1) is 17.5. The Morgan fingerprint density at radius 3 is 1.86 bits per heavy atom. The third kappa shape index (κ3) is 5.03. The van der Waals surface area contributed by atoms with E-state index in [4.69, 9.17) is 9.47 Å². The predicted octanol–water partition coefficient (Wildman–Crippen LogP) is 3.58. The van der Waals surface area contributed by atoms with Crippen LogP contribution in [-0.4, -0.2) is 57.9 Å². The van der Waals surface area contributed by atoms with Crippen LogP contribution in [0.3, 0.4) is 0 Å². The maximum Gasteiger partial charge on any atom is 0.262 e. The number of nitrogens with zero attached hydrogens (tertiary/aromatic N) is 1. The zero-order valence-electron chi connectivity index (χ0n) is 20.8. The number of Topliss-reactive ketones (excluding diaryl/α,β-unsaturated/α-hetero) is 1. The van der Waals surface area contributed by atoms with Crippen molar-refractivity contribution in [2.75, 3.05) is 27.0 Å². The van der Waals surface area contributed by atoms with E-state index in [-0.39, 0.29) is 21.6 Å². The number of methoxy groups -OCH3 is 2. The molecule has 0 N–H and O–H groups in total. The zero-order valence-corrected chi connectivity index (χ0v) is 21.6. The van der Waals surface area contributed by atoms with E-state index in [1.54, 1.807) is 30.3 Å². The molecule has 37 heavy (non-hydrogen) atoms. The van der Waals surface area contributed by atoms with E-state index in [9.17, 15) is 22.8 Å². The summed E-state index contributed by atoms with van der Waals surface area (Å²) in [4.78, 5) is 41.2. The highest BCUT2D eigenvalue weighted by atomic mass is 32.2. The van der Waals surface area contributed by atoms with Crippen molar-refractivity contribution in [1.82, 2.24) is 4.90 Å². The highest BCUT2D eigenvalue weighted by molar-refractivity contribution is 7.90.